The maximum Gasteiger partial charge on any atom is 0.243 e. The van der Waals surface area contributed by atoms with Crippen LogP contribution in [0, 0.1) is 0 Å². The Hall–Kier alpha value is -1.12. The van der Waals surface area contributed by atoms with E-state index in [0.29, 0.717) is 18.8 Å². The molecule has 0 aliphatic carbocycles. The largest absolute Gasteiger partial charge is 0.494 e. The Kier molecular flexibility index (Phi) is 3.50. The fraction of sp³-hybridized carbons (Fsp3) is 0.538. The number of fused-ring (bicyclic) bond motifs is 2. The van der Waals surface area contributed by atoms with Gasteiger partial charge in [0.05, 0.1) is 22.5 Å². The van der Waals surface area contributed by atoms with Gasteiger partial charge in [-0.25, -0.2) is 16.8 Å². The summed E-state index contributed by atoms with van der Waals surface area (Å²) in [6.07, 6.45) is 0.415. The summed E-state index contributed by atoms with van der Waals surface area (Å²) < 4.78 is 55.2. The summed E-state index contributed by atoms with van der Waals surface area (Å²) >= 11 is 0. The molecule has 2 aliphatic heterocycles. The van der Waals surface area contributed by atoms with Crippen molar-refractivity contribution in [1.29, 1.82) is 0 Å². The number of hydrogen-bond donors (Lipinski definition) is 0. The van der Waals surface area contributed by atoms with E-state index in [1.165, 1.54) is 16.4 Å². The lowest BCUT2D eigenvalue weighted by atomic mass is 10.3. The fourth-order valence-corrected chi connectivity index (χ4v) is 6.86. The number of sulfone groups is 1. The minimum absolute atomic E-state index is 0.0616. The average Bonchev–Trinajstić information content (AvgIpc) is 2.96. The van der Waals surface area contributed by atoms with Crippen LogP contribution < -0.4 is 4.74 Å². The van der Waals surface area contributed by atoms with Crippen molar-refractivity contribution in [1.82, 2.24) is 4.31 Å². The molecule has 2 atom stereocenters. The third-order valence-corrected chi connectivity index (χ3v) is 8.14. The molecule has 3 rings (SSSR count). The van der Waals surface area contributed by atoms with Crippen molar-refractivity contribution in [2.24, 2.45) is 0 Å². The highest BCUT2D eigenvalue weighted by atomic mass is 32.2. The van der Waals surface area contributed by atoms with Gasteiger partial charge in [-0.15, -0.1) is 0 Å². The van der Waals surface area contributed by atoms with Crippen molar-refractivity contribution in [3.63, 3.8) is 0 Å². The highest BCUT2D eigenvalue weighted by molar-refractivity contribution is 7.93. The van der Waals surface area contributed by atoms with Crippen molar-refractivity contribution < 1.29 is 21.6 Å². The first-order valence-corrected chi connectivity index (χ1v) is 9.96. The minimum atomic E-state index is -3.64. The first-order valence-electron chi connectivity index (χ1n) is 6.81. The van der Waals surface area contributed by atoms with Crippen LogP contribution in [0.3, 0.4) is 0 Å². The Labute approximate surface area is 124 Å². The van der Waals surface area contributed by atoms with E-state index in [-0.39, 0.29) is 17.2 Å². The fourth-order valence-electron chi connectivity index (χ4n) is 2.97. The first kappa shape index (κ1) is 14.8. The third-order valence-electron chi connectivity index (χ3n) is 4.00. The van der Waals surface area contributed by atoms with E-state index in [4.69, 9.17) is 4.74 Å². The van der Waals surface area contributed by atoms with Gasteiger partial charge in [-0.2, -0.15) is 4.31 Å². The van der Waals surface area contributed by atoms with Crippen LogP contribution in [0.2, 0.25) is 0 Å². The lowest BCUT2D eigenvalue weighted by molar-refractivity contribution is 0.340. The Morgan fingerprint density at radius 2 is 1.95 bits per heavy atom. The SMILES string of the molecule is CCOc1ccc(S(=O)(=O)N2CC3CC2CS3(=O)=O)cc1. The Bertz CT molecular complexity index is 739. The summed E-state index contributed by atoms with van der Waals surface area (Å²) in [5, 5.41) is -0.542. The molecule has 0 aromatic heterocycles. The molecule has 2 fully saturated rings. The number of benzene rings is 1. The number of ether oxygens (including phenoxy) is 1. The number of hydrogen-bond acceptors (Lipinski definition) is 5. The molecular formula is C13H17NO5S2. The van der Waals surface area contributed by atoms with Crippen LogP contribution in [0.4, 0.5) is 0 Å². The molecule has 1 aromatic carbocycles. The van der Waals surface area contributed by atoms with Gasteiger partial charge in [-0.05, 0) is 37.6 Å². The van der Waals surface area contributed by atoms with Gasteiger partial charge in [0, 0.05) is 12.6 Å². The first-order chi connectivity index (χ1) is 9.84. The zero-order chi connectivity index (χ0) is 15.3. The smallest absolute Gasteiger partial charge is 0.243 e. The van der Waals surface area contributed by atoms with Crippen LogP contribution in [0.15, 0.2) is 29.2 Å². The minimum Gasteiger partial charge on any atom is -0.494 e. The molecule has 0 N–H and O–H groups in total. The zero-order valence-electron chi connectivity index (χ0n) is 11.6. The molecule has 1 aromatic rings. The molecule has 2 saturated heterocycles. The van der Waals surface area contributed by atoms with Gasteiger partial charge < -0.3 is 4.74 Å². The average molecular weight is 331 g/mol. The van der Waals surface area contributed by atoms with Gasteiger partial charge in [-0.3, -0.25) is 0 Å². The molecule has 2 heterocycles. The molecule has 21 heavy (non-hydrogen) atoms. The second kappa shape index (κ2) is 4.96. The highest BCUT2D eigenvalue weighted by Gasteiger charge is 2.52. The van der Waals surface area contributed by atoms with Gasteiger partial charge in [0.1, 0.15) is 5.75 Å². The summed E-state index contributed by atoms with van der Waals surface area (Å²) in [7, 11) is -6.74. The van der Waals surface area contributed by atoms with E-state index in [1.807, 2.05) is 6.92 Å². The summed E-state index contributed by atoms with van der Waals surface area (Å²) in [5.41, 5.74) is 0. The molecule has 0 saturated carbocycles. The van der Waals surface area contributed by atoms with Crippen molar-refractivity contribution in [3.8, 4) is 5.75 Å². The maximum atomic E-state index is 12.6. The highest BCUT2D eigenvalue weighted by Crippen LogP contribution is 2.36. The van der Waals surface area contributed by atoms with Crippen LogP contribution >= 0.6 is 0 Å². The Morgan fingerprint density at radius 3 is 2.43 bits per heavy atom. The molecule has 6 nitrogen and oxygen atoms in total. The third kappa shape index (κ3) is 2.45. The molecule has 8 heteroatoms. The second-order valence-electron chi connectivity index (χ2n) is 5.32. The van der Waals surface area contributed by atoms with Gasteiger partial charge >= 0.3 is 0 Å². The van der Waals surface area contributed by atoms with Crippen molar-refractivity contribution in [2.75, 3.05) is 18.9 Å². The van der Waals surface area contributed by atoms with Gasteiger partial charge in [0.25, 0.3) is 0 Å². The molecule has 0 spiro atoms. The lowest BCUT2D eigenvalue weighted by Crippen LogP contribution is -2.43. The molecular weight excluding hydrogens is 314 g/mol. The standard InChI is InChI=1S/C13H17NO5S2/c1-2-19-11-3-5-12(6-4-11)21(17,18)14-8-13-7-10(14)9-20(13,15)16/h3-6,10,13H,2,7-9H2,1H3. The Balaban J connectivity index is 1.85. The molecule has 2 bridgehead atoms. The van der Waals surface area contributed by atoms with Crippen LogP contribution in [0.25, 0.3) is 0 Å². The van der Waals surface area contributed by atoms with Crippen LogP contribution in [0.1, 0.15) is 13.3 Å². The van der Waals surface area contributed by atoms with Crippen molar-refractivity contribution in [3.05, 3.63) is 24.3 Å². The molecule has 0 amide bonds. The summed E-state index contributed by atoms with van der Waals surface area (Å²) in [4.78, 5) is 0.177. The van der Waals surface area contributed by atoms with E-state index >= 15 is 0 Å². The van der Waals surface area contributed by atoms with Crippen LogP contribution in [-0.4, -0.2) is 51.3 Å². The van der Waals surface area contributed by atoms with Gasteiger partial charge in [0.15, 0.2) is 9.84 Å². The van der Waals surface area contributed by atoms with Gasteiger partial charge in [0.2, 0.25) is 10.0 Å². The molecule has 2 aliphatic rings. The van der Waals surface area contributed by atoms with Crippen molar-refractivity contribution in [2.45, 2.75) is 29.5 Å². The predicted octanol–water partition coefficient (Wildman–Crippen LogP) is 0.645. The molecule has 116 valence electrons. The van der Waals surface area contributed by atoms with E-state index in [9.17, 15) is 16.8 Å². The monoisotopic (exact) mass is 331 g/mol. The van der Waals surface area contributed by atoms with E-state index in [2.05, 4.69) is 0 Å². The quantitative estimate of drug-likeness (QED) is 0.809. The zero-order valence-corrected chi connectivity index (χ0v) is 13.2. The second-order valence-corrected chi connectivity index (χ2v) is 9.54. The number of nitrogens with zero attached hydrogens (tertiary/aromatic N) is 1. The van der Waals surface area contributed by atoms with Gasteiger partial charge in [-0.1, -0.05) is 0 Å². The van der Waals surface area contributed by atoms with Crippen LogP contribution in [0.5, 0.6) is 5.75 Å². The maximum absolute atomic E-state index is 12.6. The van der Waals surface area contributed by atoms with E-state index in [0.717, 1.165) is 0 Å². The lowest BCUT2D eigenvalue weighted by Gasteiger charge is -2.26. The Morgan fingerprint density at radius 1 is 1.29 bits per heavy atom. The molecule has 0 radical (unpaired) electrons. The van der Waals surface area contributed by atoms with Crippen molar-refractivity contribution >= 4 is 19.9 Å². The topological polar surface area (TPSA) is 80.8 Å². The summed E-state index contributed by atoms with van der Waals surface area (Å²) in [5.74, 6) is 0.551. The predicted molar refractivity (Wildman–Crippen MR) is 77.5 cm³/mol. The number of sulfonamides is 1. The molecule has 2 unspecified atom stereocenters. The van der Waals surface area contributed by atoms with E-state index in [1.54, 1.807) is 12.1 Å². The number of rotatable bonds is 4. The summed E-state index contributed by atoms with van der Waals surface area (Å²) in [6.45, 7) is 2.44. The summed E-state index contributed by atoms with van der Waals surface area (Å²) in [6, 6.07) is 5.81. The normalized spacial score (nSPS) is 27.9. The van der Waals surface area contributed by atoms with Crippen LogP contribution in [-0.2, 0) is 19.9 Å². The van der Waals surface area contributed by atoms with E-state index < -0.39 is 31.2 Å².